The second kappa shape index (κ2) is 5.06. The lowest BCUT2D eigenvalue weighted by atomic mass is 9.43. The van der Waals surface area contributed by atoms with Gasteiger partial charge >= 0.3 is 0 Å². The molecule has 0 aliphatic heterocycles. The molecule has 0 bridgehead atoms. The van der Waals surface area contributed by atoms with E-state index < -0.39 is 12.2 Å². The van der Waals surface area contributed by atoms with Gasteiger partial charge in [-0.15, -0.1) is 0 Å². The number of aliphatic hydroxyl groups excluding tert-OH is 2. The van der Waals surface area contributed by atoms with Gasteiger partial charge in [-0.1, -0.05) is 26.0 Å². The molecule has 9 atom stereocenters. The first-order chi connectivity index (χ1) is 10.8. The average molecular weight is 319 g/mol. The van der Waals surface area contributed by atoms with Crippen molar-refractivity contribution in [2.24, 2.45) is 40.2 Å². The number of hydrogen-bond donors (Lipinski definition) is 3. The molecule has 4 rings (SSSR count). The van der Waals surface area contributed by atoms with E-state index in [1.807, 2.05) is 0 Å². The van der Waals surface area contributed by atoms with Gasteiger partial charge in [0.1, 0.15) is 0 Å². The lowest BCUT2D eigenvalue weighted by Gasteiger charge is -2.63. The minimum Gasteiger partial charge on any atom is -0.390 e. The van der Waals surface area contributed by atoms with Gasteiger partial charge in [0.2, 0.25) is 0 Å². The van der Waals surface area contributed by atoms with Crippen molar-refractivity contribution in [3.8, 4) is 0 Å². The highest BCUT2D eigenvalue weighted by Crippen LogP contribution is 2.66. The Balaban J connectivity index is 1.73. The van der Waals surface area contributed by atoms with Crippen LogP contribution in [0.25, 0.3) is 0 Å². The number of allylic oxidation sites excluding steroid dienone is 1. The quantitative estimate of drug-likeness (QED) is 0.602. The summed E-state index contributed by atoms with van der Waals surface area (Å²) in [6.07, 6.45) is 6.45. The predicted octanol–water partition coefficient (Wildman–Crippen LogP) is 2.85. The Bertz CT molecular complexity index is 520. The Morgan fingerprint density at radius 1 is 1.00 bits per heavy atom. The maximum absolute atomic E-state index is 11.0. The molecule has 4 aliphatic rings. The van der Waals surface area contributed by atoms with Gasteiger partial charge in [-0.05, 0) is 79.4 Å². The number of nitrogens with two attached hydrogens (primary N) is 1. The molecular weight excluding hydrogens is 286 g/mol. The Morgan fingerprint density at radius 3 is 2.48 bits per heavy atom. The fourth-order valence-electron chi connectivity index (χ4n) is 7.20. The van der Waals surface area contributed by atoms with Crippen LogP contribution in [0.2, 0.25) is 0 Å². The van der Waals surface area contributed by atoms with Gasteiger partial charge in [0.25, 0.3) is 0 Å². The minimum atomic E-state index is -0.608. The molecule has 23 heavy (non-hydrogen) atoms. The maximum atomic E-state index is 11.0. The van der Waals surface area contributed by atoms with Crippen LogP contribution in [0, 0.1) is 34.5 Å². The van der Waals surface area contributed by atoms with E-state index in [4.69, 9.17) is 5.73 Å². The highest BCUT2D eigenvalue weighted by Gasteiger charge is 2.63. The van der Waals surface area contributed by atoms with Crippen LogP contribution in [0.4, 0.5) is 0 Å². The molecule has 4 unspecified atom stereocenters. The molecule has 0 aromatic rings. The zero-order valence-electron chi connectivity index (χ0n) is 14.7. The molecule has 0 radical (unpaired) electrons. The number of aliphatic hydroxyl groups is 2. The highest BCUT2D eigenvalue weighted by atomic mass is 16.3. The standard InChI is InChI=1S/C20H33NO2/c1-11-4-5-13-16-14(7-9-19(11,13)2)20(3)8-6-12(21)10-15(20)17(22)18(16)23/h12-18,22-23H,1,4-10,21H2,2-3H3/t12-,13?,14?,15?,16?,17-,18-,19-,20-/m1/s1. The molecule has 0 heterocycles. The summed E-state index contributed by atoms with van der Waals surface area (Å²) in [5.74, 6) is 1.42. The fraction of sp³-hybridized carbons (Fsp3) is 0.900. The Kier molecular flexibility index (Phi) is 3.54. The van der Waals surface area contributed by atoms with Gasteiger partial charge in [0.05, 0.1) is 12.2 Å². The lowest BCUT2D eigenvalue weighted by Crippen LogP contribution is -2.64. The SMILES string of the molecule is C=C1CCC2C3C(CC[C@]12C)[C@@]1(C)CC[C@@H](N)CC1[C@@H](O)[C@@H]3O. The summed E-state index contributed by atoms with van der Waals surface area (Å²) in [5.41, 5.74) is 7.89. The summed E-state index contributed by atoms with van der Waals surface area (Å²) < 4.78 is 0. The van der Waals surface area contributed by atoms with Crippen LogP contribution in [0.5, 0.6) is 0 Å². The molecule has 0 saturated heterocycles. The molecule has 3 nitrogen and oxygen atoms in total. The zero-order valence-corrected chi connectivity index (χ0v) is 14.7. The first-order valence-corrected chi connectivity index (χ1v) is 9.59. The molecule has 4 fully saturated rings. The summed E-state index contributed by atoms with van der Waals surface area (Å²) in [6, 6.07) is 0.187. The van der Waals surface area contributed by atoms with Crippen LogP contribution >= 0.6 is 0 Å². The summed E-state index contributed by atoms with van der Waals surface area (Å²) in [4.78, 5) is 0. The summed E-state index contributed by atoms with van der Waals surface area (Å²) in [5, 5.41) is 22.0. The predicted molar refractivity (Wildman–Crippen MR) is 91.6 cm³/mol. The van der Waals surface area contributed by atoms with Crippen molar-refractivity contribution in [1.82, 2.24) is 0 Å². The van der Waals surface area contributed by atoms with Crippen LogP contribution in [-0.2, 0) is 0 Å². The van der Waals surface area contributed by atoms with E-state index in [0.717, 1.165) is 32.1 Å². The van der Waals surface area contributed by atoms with Crippen LogP contribution in [-0.4, -0.2) is 28.5 Å². The molecule has 3 heteroatoms. The van der Waals surface area contributed by atoms with Crippen LogP contribution in [0.15, 0.2) is 12.2 Å². The second-order valence-electron chi connectivity index (χ2n) is 9.52. The Labute approximate surface area is 140 Å². The maximum Gasteiger partial charge on any atom is 0.0836 e. The van der Waals surface area contributed by atoms with E-state index in [1.54, 1.807) is 0 Å². The van der Waals surface area contributed by atoms with Crippen molar-refractivity contribution in [1.29, 1.82) is 0 Å². The van der Waals surface area contributed by atoms with Crippen molar-refractivity contribution in [3.63, 3.8) is 0 Å². The molecule has 4 aliphatic carbocycles. The highest BCUT2D eigenvalue weighted by molar-refractivity contribution is 5.23. The van der Waals surface area contributed by atoms with Gasteiger partial charge in [0, 0.05) is 6.04 Å². The lowest BCUT2D eigenvalue weighted by molar-refractivity contribution is -0.210. The van der Waals surface area contributed by atoms with Gasteiger partial charge in [-0.2, -0.15) is 0 Å². The van der Waals surface area contributed by atoms with E-state index >= 15 is 0 Å². The number of fused-ring (bicyclic) bond motifs is 5. The third kappa shape index (κ3) is 1.99. The summed E-state index contributed by atoms with van der Waals surface area (Å²) in [7, 11) is 0. The number of hydrogen-bond acceptors (Lipinski definition) is 3. The zero-order chi connectivity index (χ0) is 16.6. The smallest absolute Gasteiger partial charge is 0.0836 e. The summed E-state index contributed by atoms with van der Waals surface area (Å²) in [6.45, 7) is 9.07. The van der Waals surface area contributed by atoms with Gasteiger partial charge in [-0.3, -0.25) is 0 Å². The van der Waals surface area contributed by atoms with Crippen molar-refractivity contribution >= 4 is 0 Å². The molecule has 0 aromatic carbocycles. The molecule has 0 aromatic heterocycles. The fourth-order valence-corrected chi connectivity index (χ4v) is 7.20. The third-order valence-electron chi connectivity index (χ3n) is 8.75. The van der Waals surface area contributed by atoms with Crippen molar-refractivity contribution < 1.29 is 10.2 Å². The van der Waals surface area contributed by atoms with Crippen LogP contribution in [0.3, 0.4) is 0 Å². The Hall–Kier alpha value is -0.380. The molecule has 4 N–H and O–H groups in total. The molecule has 0 amide bonds. The minimum absolute atomic E-state index is 0.143. The van der Waals surface area contributed by atoms with Gasteiger partial charge in [-0.25, -0.2) is 0 Å². The van der Waals surface area contributed by atoms with Crippen molar-refractivity contribution in [3.05, 3.63) is 12.2 Å². The van der Waals surface area contributed by atoms with Gasteiger partial charge in [0.15, 0.2) is 0 Å². The van der Waals surface area contributed by atoms with E-state index in [9.17, 15) is 10.2 Å². The third-order valence-corrected chi connectivity index (χ3v) is 8.75. The van der Waals surface area contributed by atoms with E-state index in [-0.39, 0.29) is 28.7 Å². The summed E-state index contributed by atoms with van der Waals surface area (Å²) >= 11 is 0. The second-order valence-corrected chi connectivity index (χ2v) is 9.52. The van der Waals surface area contributed by atoms with E-state index in [2.05, 4.69) is 20.4 Å². The first kappa shape index (κ1) is 16.1. The normalized spacial score (nSPS) is 59.2. The van der Waals surface area contributed by atoms with E-state index in [1.165, 1.54) is 18.4 Å². The van der Waals surface area contributed by atoms with Crippen molar-refractivity contribution in [2.75, 3.05) is 0 Å². The first-order valence-electron chi connectivity index (χ1n) is 9.59. The van der Waals surface area contributed by atoms with Crippen LogP contribution in [0.1, 0.15) is 58.8 Å². The van der Waals surface area contributed by atoms with E-state index in [0.29, 0.717) is 11.8 Å². The van der Waals surface area contributed by atoms with Gasteiger partial charge < -0.3 is 15.9 Å². The van der Waals surface area contributed by atoms with Crippen LogP contribution < -0.4 is 5.73 Å². The molecule has 0 spiro atoms. The Morgan fingerprint density at radius 2 is 1.74 bits per heavy atom. The molecule has 130 valence electrons. The number of rotatable bonds is 0. The molecular formula is C20H33NO2. The monoisotopic (exact) mass is 319 g/mol. The molecule has 4 saturated carbocycles. The largest absolute Gasteiger partial charge is 0.390 e. The topological polar surface area (TPSA) is 66.5 Å². The average Bonchev–Trinajstić information content (AvgIpc) is 2.82. The van der Waals surface area contributed by atoms with Crippen molar-refractivity contribution in [2.45, 2.75) is 77.0 Å².